The van der Waals surface area contributed by atoms with Crippen molar-refractivity contribution in [3.63, 3.8) is 0 Å². The molecule has 0 saturated carbocycles. The van der Waals surface area contributed by atoms with E-state index in [1.54, 1.807) is 20.5 Å². The molecule has 1 aliphatic rings. The number of rotatable bonds is 14. The van der Waals surface area contributed by atoms with Gasteiger partial charge in [-0.3, -0.25) is 4.57 Å². The second-order valence-electron chi connectivity index (χ2n) is 10.7. The summed E-state index contributed by atoms with van der Waals surface area (Å²) in [6.45, 7) is 3.17. The summed E-state index contributed by atoms with van der Waals surface area (Å²) in [6, 6.07) is 29.2. The van der Waals surface area contributed by atoms with E-state index in [4.69, 9.17) is 33.9 Å². The van der Waals surface area contributed by atoms with Gasteiger partial charge in [0.2, 0.25) is 6.41 Å². The summed E-state index contributed by atoms with van der Waals surface area (Å²) < 4.78 is 24.5. The van der Waals surface area contributed by atoms with Gasteiger partial charge >= 0.3 is 0 Å². The van der Waals surface area contributed by atoms with E-state index in [9.17, 15) is 0 Å². The van der Waals surface area contributed by atoms with Crippen LogP contribution in [-0.2, 0) is 38.6 Å². The maximum Gasteiger partial charge on any atom is 0.247 e. The van der Waals surface area contributed by atoms with Crippen LogP contribution >= 0.6 is 0 Å². The lowest BCUT2D eigenvalue weighted by atomic mass is 9.91. The fraction of sp³-hybridized carbons (Fsp3) is 0.324. The molecule has 0 bridgehead atoms. The number of imidazole rings is 1. The molecule has 3 heterocycles. The van der Waals surface area contributed by atoms with Gasteiger partial charge in [-0.25, -0.2) is 15.0 Å². The zero-order chi connectivity index (χ0) is 30.1. The quantitative estimate of drug-likeness (QED) is 0.183. The van der Waals surface area contributed by atoms with Gasteiger partial charge in [-0.05, 0) is 22.3 Å². The van der Waals surface area contributed by atoms with E-state index in [-0.39, 0.29) is 12.0 Å². The van der Waals surface area contributed by atoms with Crippen LogP contribution in [0.1, 0.15) is 40.4 Å². The molecule has 0 radical (unpaired) electrons. The van der Waals surface area contributed by atoms with Crippen LogP contribution in [0.25, 0.3) is 11.2 Å². The minimum atomic E-state index is -0.647. The number of anilines is 1. The zero-order valence-corrected chi connectivity index (χ0v) is 25.1. The van der Waals surface area contributed by atoms with Gasteiger partial charge in [0.25, 0.3) is 0 Å². The molecule has 2 aromatic heterocycles. The summed E-state index contributed by atoms with van der Waals surface area (Å²) in [4.78, 5) is 14.6. The lowest BCUT2D eigenvalue weighted by Crippen LogP contribution is -2.20. The van der Waals surface area contributed by atoms with Crippen LogP contribution in [0.2, 0.25) is 0 Å². The van der Waals surface area contributed by atoms with Gasteiger partial charge in [0, 0.05) is 33.2 Å². The monoisotopic (exact) mass is 594 g/mol. The minimum absolute atomic E-state index is 0.111. The number of fused-ring (bicyclic) bond motifs is 1. The summed E-state index contributed by atoms with van der Waals surface area (Å²) in [5, 5.41) is 7.13. The molecule has 0 amide bonds. The van der Waals surface area contributed by atoms with Crippen LogP contribution in [-0.4, -0.2) is 59.6 Å². The molecule has 0 spiro atoms. The predicted molar refractivity (Wildman–Crippen MR) is 168 cm³/mol. The van der Waals surface area contributed by atoms with Crippen LogP contribution in [0.3, 0.4) is 0 Å². The van der Waals surface area contributed by atoms with E-state index in [1.165, 1.54) is 16.7 Å². The first kappa shape index (κ1) is 29.9. The second-order valence-corrected chi connectivity index (χ2v) is 10.7. The molecule has 44 heavy (non-hydrogen) atoms. The molecule has 228 valence electrons. The van der Waals surface area contributed by atoms with Gasteiger partial charge in [0.15, 0.2) is 17.0 Å². The number of ether oxygens (including phenoxy) is 4. The normalized spacial score (nSPS) is 16.6. The minimum Gasteiger partial charge on any atom is -0.382 e. The summed E-state index contributed by atoms with van der Waals surface area (Å²) in [5.41, 5.74) is 6.04. The van der Waals surface area contributed by atoms with Gasteiger partial charge in [0.1, 0.15) is 18.3 Å². The molecule has 2 N–H and O–H groups in total. The highest BCUT2D eigenvalue weighted by molar-refractivity contribution is 5.83. The van der Waals surface area contributed by atoms with E-state index in [2.05, 4.69) is 71.3 Å². The second kappa shape index (κ2) is 14.5. The van der Waals surface area contributed by atoms with Crippen LogP contribution in [0, 0.1) is 0 Å². The molecule has 10 heteroatoms. The number of nitrogens with one attached hydrogen (secondary N) is 2. The fourth-order valence-electron chi connectivity index (χ4n) is 5.50. The van der Waals surface area contributed by atoms with Gasteiger partial charge < -0.3 is 29.6 Å². The van der Waals surface area contributed by atoms with E-state index in [1.807, 2.05) is 28.8 Å². The molecule has 2 unspecified atom stereocenters. The topological polar surface area (TPSA) is 105 Å². The van der Waals surface area contributed by atoms with Crippen molar-refractivity contribution in [2.75, 3.05) is 39.3 Å². The van der Waals surface area contributed by atoms with Crippen molar-refractivity contribution in [2.45, 2.75) is 38.1 Å². The molecule has 5 aromatic rings. The highest BCUT2D eigenvalue weighted by atomic mass is 16.7. The molecule has 6 rings (SSSR count). The van der Waals surface area contributed by atoms with E-state index in [0.29, 0.717) is 62.3 Å². The predicted octanol–water partition coefficient (Wildman–Crippen LogP) is 5.02. The highest BCUT2D eigenvalue weighted by Crippen LogP contribution is 2.29. The summed E-state index contributed by atoms with van der Waals surface area (Å²) in [6.07, 6.45) is 0.896. The van der Waals surface area contributed by atoms with E-state index >= 15 is 0 Å². The highest BCUT2D eigenvalue weighted by Gasteiger charge is 2.29. The molecule has 1 saturated heterocycles. The van der Waals surface area contributed by atoms with Gasteiger partial charge in [-0.15, -0.1) is 0 Å². The fourth-order valence-corrected chi connectivity index (χ4v) is 5.50. The zero-order valence-electron chi connectivity index (χ0n) is 25.1. The molecule has 0 aliphatic carbocycles. The first-order chi connectivity index (χ1) is 21.7. The van der Waals surface area contributed by atoms with Crippen molar-refractivity contribution in [2.24, 2.45) is 0 Å². The van der Waals surface area contributed by atoms with Crippen LogP contribution < -0.4 is 10.6 Å². The van der Waals surface area contributed by atoms with Crippen molar-refractivity contribution < 1.29 is 18.9 Å². The Hall–Kier alpha value is -4.19. The average molecular weight is 595 g/mol. The third-order valence-corrected chi connectivity index (χ3v) is 7.68. The molecule has 1 fully saturated rings. The van der Waals surface area contributed by atoms with Crippen molar-refractivity contribution in [1.82, 2.24) is 24.8 Å². The Morgan fingerprint density at radius 1 is 0.864 bits per heavy atom. The van der Waals surface area contributed by atoms with Crippen molar-refractivity contribution in [3.8, 4) is 0 Å². The summed E-state index contributed by atoms with van der Waals surface area (Å²) in [7, 11) is 3.36. The molecule has 10 nitrogen and oxygen atoms in total. The Labute approximate surface area is 257 Å². The van der Waals surface area contributed by atoms with Gasteiger partial charge in [0.05, 0.1) is 26.4 Å². The number of methoxy groups -OCH3 is 2. The van der Waals surface area contributed by atoms with E-state index < -0.39 is 6.41 Å². The van der Waals surface area contributed by atoms with Crippen molar-refractivity contribution in [1.29, 1.82) is 0 Å². The summed E-state index contributed by atoms with van der Waals surface area (Å²) >= 11 is 0. The smallest absolute Gasteiger partial charge is 0.247 e. The Bertz CT molecular complexity index is 1590. The molecule has 2 atom stereocenters. The maximum atomic E-state index is 6.09. The third-order valence-electron chi connectivity index (χ3n) is 7.68. The first-order valence-electron chi connectivity index (χ1n) is 14.8. The Morgan fingerprint density at radius 3 is 2.27 bits per heavy atom. The SMILES string of the molecule is COCc1ccccc1CNCc1nc(NCC(c2ccccc2)c2ccccc2)c2ncn(C3OCC(COC)O3)c2n1. The lowest BCUT2D eigenvalue weighted by Gasteiger charge is -2.20. The number of hydrogen-bond acceptors (Lipinski definition) is 9. The Kier molecular flexibility index (Phi) is 9.86. The number of nitrogens with zero attached hydrogens (tertiary/aromatic N) is 4. The largest absolute Gasteiger partial charge is 0.382 e. The van der Waals surface area contributed by atoms with Crippen LogP contribution in [0.15, 0.2) is 91.3 Å². The lowest BCUT2D eigenvalue weighted by molar-refractivity contribution is -0.118. The number of aromatic nitrogens is 4. The summed E-state index contributed by atoms with van der Waals surface area (Å²) in [5.74, 6) is 1.40. The average Bonchev–Trinajstić information content (AvgIpc) is 3.70. The molecule has 1 aliphatic heterocycles. The van der Waals surface area contributed by atoms with E-state index in [0.717, 1.165) is 5.56 Å². The number of hydrogen-bond donors (Lipinski definition) is 2. The Morgan fingerprint density at radius 2 is 1.57 bits per heavy atom. The molecular formula is C34H38N6O4. The third kappa shape index (κ3) is 6.96. The van der Waals surface area contributed by atoms with Gasteiger partial charge in [-0.2, -0.15) is 0 Å². The standard InChI is InChI=1S/C34H38N6O4/c1-41-20-27-16-10-9-15-26(27)17-35-19-30-38-32(31-33(39-30)40(23-37-31)34-43-22-28(44-34)21-42-2)36-18-29(24-11-5-3-6-12-24)25-13-7-4-8-14-25/h3-16,23,28-29,34-35H,17-22H2,1-2H3,(H,36,38,39). The number of benzene rings is 3. The van der Waals surface area contributed by atoms with Crippen LogP contribution in [0.4, 0.5) is 5.82 Å². The molecular weight excluding hydrogens is 556 g/mol. The van der Waals surface area contributed by atoms with Gasteiger partial charge in [-0.1, -0.05) is 84.9 Å². The maximum absolute atomic E-state index is 6.09. The first-order valence-corrected chi connectivity index (χ1v) is 14.8. The van der Waals surface area contributed by atoms with Crippen molar-refractivity contribution >= 4 is 17.0 Å². The van der Waals surface area contributed by atoms with Crippen LogP contribution in [0.5, 0.6) is 0 Å². The molecule has 3 aromatic carbocycles. The van der Waals surface area contributed by atoms with Crippen molar-refractivity contribution in [3.05, 3.63) is 119 Å². The Balaban J connectivity index is 1.28.